The maximum atomic E-state index is 6.00. The first kappa shape index (κ1) is 10.5. The van der Waals surface area contributed by atoms with Crippen LogP contribution in [0.15, 0.2) is 36.0 Å². The quantitative estimate of drug-likeness (QED) is 0.681. The molecule has 0 aliphatic rings. The average molecular weight is 262 g/mol. The van der Waals surface area contributed by atoms with Gasteiger partial charge in [0.05, 0.1) is 16.2 Å². The van der Waals surface area contributed by atoms with Crippen LogP contribution >= 0.6 is 22.9 Å². The predicted octanol–water partition coefficient (Wildman–Crippen LogP) is 3.59. The van der Waals surface area contributed by atoms with Gasteiger partial charge in [-0.1, -0.05) is 17.7 Å². The summed E-state index contributed by atoms with van der Waals surface area (Å²) in [6, 6.07) is 7.56. The fourth-order valence-electron chi connectivity index (χ4n) is 1.62. The van der Waals surface area contributed by atoms with E-state index in [4.69, 9.17) is 17.3 Å². The molecule has 1 aromatic carbocycles. The van der Waals surface area contributed by atoms with E-state index < -0.39 is 0 Å². The number of hydrogen-bond donors (Lipinski definition) is 1. The van der Waals surface area contributed by atoms with Crippen LogP contribution in [0.3, 0.4) is 0 Å². The SMILES string of the molecule is Nc1ccc(-c2cnc3scnc3c2)cc1Cl. The predicted molar refractivity (Wildman–Crippen MR) is 72.3 cm³/mol. The van der Waals surface area contributed by atoms with Gasteiger partial charge in [0.25, 0.3) is 0 Å². The van der Waals surface area contributed by atoms with Crippen LogP contribution in [0.25, 0.3) is 21.5 Å². The molecule has 84 valence electrons. The van der Waals surface area contributed by atoms with Gasteiger partial charge in [0.2, 0.25) is 0 Å². The molecule has 3 aromatic rings. The zero-order valence-electron chi connectivity index (χ0n) is 8.72. The Kier molecular flexibility index (Phi) is 2.46. The molecule has 0 radical (unpaired) electrons. The first-order chi connectivity index (χ1) is 8.24. The Morgan fingerprint density at radius 2 is 2.00 bits per heavy atom. The smallest absolute Gasteiger partial charge is 0.143 e. The lowest BCUT2D eigenvalue weighted by atomic mass is 10.1. The number of nitrogens with zero attached hydrogens (tertiary/aromatic N) is 2. The number of nitrogens with two attached hydrogens (primary N) is 1. The van der Waals surface area contributed by atoms with Crippen LogP contribution in [0, 0.1) is 0 Å². The van der Waals surface area contributed by atoms with E-state index in [0.717, 1.165) is 21.5 Å². The topological polar surface area (TPSA) is 51.8 Å². The molecule has 0 spiro atoms. The van der Waals surface area contributed by atoms with Crippen LogP contribution in [0.5, 0.6) is 0 Å². The number of thiazole rings is 1. The standard InChI is InChI=1S/C12H8ClN3S/c13-9-3-7(1-2-10(9)14)8-4-11-12(15-5-8)17-6-16-11/h1-6H,14H2. The fraction of sp³-hybridized carbons (Fsp3) is 0. The summed E-state index contributed by atoms with van der Waals surface area (Å²) < 4.78 is 0. The van der Waals surface area contributed by atoms with E-state index in [-0.39, 0.29) is 0 Å². The van der Waals surface area contributed by atoms with Crippen LogP contribution in [-0.2, 0) is 0 Å². The maximum absolute atomic E-state index is 6.00. The minimum atomic E-state index is 0.556. The van der Waals surface area contributed by atoms with Crippen LogP contribution < -0.4 is 5.73 Å². The fourth-order valence-corrected chi connectivity index (χ4v) is 2.41. The number of benzene rings is 1. The molecular formula is C12H8ClN3S. The van der Waals surface area contributed by atoms with Crippen molar-refractivity contribution in [2.75, 3.05) is 5.73 Å². The first-order valence-corrected chi connectivity index (χ1v) is 6.24. The van der Waals surface area contributed by atoms with Crippen LogP contribution in [0.1, 0.15) is 0 Å². The van der Waals surface area contributed by atoms with E-state index in [9.17, 15) is 0 Å². The van der Waals surface area contributed by atoms with Gasteiger partial charge in [-0.3, -0.25) is 0 Å². The van der Waals surface area contributed by atoms with E-state index >= 15 is 0 Å². The maximum Gasteiger partial charge on any atom is 0.143 e. The van der Waals surface area contributed by atoms with Crippen molar-refractivity contribution in [3.05, 3.63) is 41.0 Å². The zero-order valence-corrected chi connectivity index (χ0v) is 10.3. The van der Waals surface area contributed by atoms with Gasteiger partial charge in [-0.25, -0.2) is 9.97 Å². The van der Waals surface area contributed by atoms with Gasteiger partial charge in [-0.2, -0.15) is 0 Å². The summed E-state index contributed by atoms with van der Waals surface area (Å²) in [4.78, 5) is 9.53. The molecule has 2 aromatic heterocycles. The number of pyridine rings is 1. The third kappa shape index (κ3) is 1.85. The number of aromatic nitrogens is 2. The van der Waals surface area contributed by atoms with Crippen molar-refractivity contribution < 1.29 is 0 Å². The lowest BCUT2D eigenvalue weighted by Crippen LogP contribution is -1.87. The van der Waals surface area contributed by atoms with Gasteiger partial charge >= 0.3 is 0 Å². The Hall–Kier alpha value is -1.65. The molecule has 5 heteroatoms. The normalized spacial score (nSPS) is 10.9. The molecule has 0 saturated heterocycles. The molecular weight excluding hydrogens is 254 g/mol. The Labute approximate surface area is 107 Å². The summed E-state index contributed by atoms with van der Waals surface area (Å²) in [7, 11) is 0. The largest absolute Gasteiger partial charge is 0.398 e. The lowest BCUT2D eigenvalue weighted by molar-refractivity contribution is 1.40. The second-order valence-corrected chi connectivity index (χ2v) is 4.88. The molecule has 2 heterocycles. The molecule has 0 atom stereocenters. The van der Waals surface area contributed by atoms with E-state index in [1.54, 1.807) is 11.6 Å². The summed E-state index contributed by atoms with van der Waals surface area (Å²) in [6.07, 6.45) is 1.82. The number of hydrogen-bond acceptors (Lipinski definition) is 4. The molecule has 0 aliphatic heterocycles. The number of anilines is 1. The molecule has 0 fully saturated rings. The summed E-state index contributed by atoms with van der Waals surface area (Å²) in [6.45, 7) is 0. The molecule has 2 N–H and O–H groups in total. The van der Waals surface area contributed by atoms with Gasteiger partial charge in [0.1, 0.15) is 10.3 Å². The van der Waals surface area contributed by atoms with E-state index in [1.807, 2.05) is 24.4 Å². The summed E-state index contributed by atoms with van der Waals surface area (Å²) >= 11 is 7.53. The van der Waals surface area contributed by atoms with Crippen molar-refractivity contribution in [1.82, 2.24) is 9.97 Å². The molecule has 3 rings (SSSR count). The molecule has 0 aliphatic carbocycles. The Balaban J connectivity index is 2.16. The van der Waals surface area contributed by atoms with Crippen molar-refractivity contribution >= 4 is 39.0 Å². The van der Waals surface area contributed by atoms with Gasteiger partial charge in [-0.15, -0.1) is 11.3 Å². The van der Waals surface area contributed by atoms with Gasteiger partial charge in [0.15, 0.2) is 0 Å². The summed E-state index contributed by atoms with van der Waals surface area (Å²) in [5, 5.41) is 0.556. The van der Waals surface area contributed by atoms with Crippen LogP contribution in [-0.4, -0.2) is 9.97 Å². The van der Waals surface area contributed by atoms with Crippen LogP contribution in [0.4, 0.5) is 5.69 Å². The Bertz CT molecular complexity index is 693. The second kappa shape index (κ2) is 3.98. The Morgan fingerprint density at radius 1 is 1.12 bits per heavy atom. The minimum Gasteiger partial charge on any atom is -0.398 e. The van der Waals surface area contributed by atoms with E-state index in [1.165, 1.54) is 11.3 Å². The van der Waals surface area contributed by atoms with Gasteiger partial charge in [0, 0.05) is 11.8 Å². The monoisotopic (exact) mass is 261 g/mol. The van der Waals surface area contributed by atoms with Crippen molar-refractivity contribution in [2.45, 2.75) is 0 Å². The summed E-state index contributed by atoms with van der Waals surface area (Å²) in [5.41, 5.74) is 10.9. The number of fused-ring (bicyclic) bond motifs is 1. The molecule has 3 nitrogen and oxygen atoms in total. The molecule has 0 unspecified atom stereocenters. The van der Waals surface area contributed by atoms with Gasteiger partial charge < -0.3 is 5.73 Å². The molecule has 17 heavy (non-hydrogen) atoms. The second-order valence-electron chi connectivity index (χ2n) is 3.64. The van der Waals surface area contributed by atoms with Crippen LogP contribution in [0.2, 0.25) is 5.02 Å². The number of halogens is 1. The van der Waals surface area contributed by atoms with E-state index in [2.05, 4.69) is 9.97 Å². The van der Waals surface area contributed by atoms with Crippen molar-refractivity contribution in [2.24, 2.45) is 0 Å². The average Bonchev–Trinajstić information content (AvgIpc) is 2.79. The highest BCUT2D eigenvalue weighted by Crippen LogP contribution is 2.28. The number of rotatable bonds is 1. The van der Waals surface area contributed by atoms with Crippen molar-refractivity contribution in [1.29, 1.82) is 0 Å². The minimum absolute atomic E-state index is 0.556. The lowest BCUT2D eigenvalue weighted by Gasteiger charge is -2.03. The highest BCUT2D eigenvalue weighted by atomic mass is 35.5. The Morgan fingerprint density at radius 3 is 2.82 bits per heavy atom. The highest BCUT2D eigenvalue weighted by molar-refractivity contribution is 7.16. The molecule has 0 amide bonds. The first-order valence-electron chi connectivity index (χ1n) is 4.99. The van der Waals surface area contributed by atoms with Gasteiger partial charge in [-0.05, 0) is 23.8 Å². The van der Waals surface area contributed by atoms with E-state index in [0.29, 0.717) is 10.7 Å². The zero-order chi connectivity index (χ0) is 11.8. The third-order valence-electron chi connectivity index (χ3n) is 2.52. The number of nitrogen functional groups attached to an aromatic ring is 1. The highest BCUT2D eigenvalue weighted by Gasteiger charge is 2.04. The molecule has 0 bridgehead atoms. The van der Waals surface area contributed by atoms with Crippen molar-refractivity contribution in [3.63, 3.8) is 0 Å². The summed E-state index contributed by atoms with van der Waals surface area (Å²) in [5.74, 6) is 0. The molecule has 0 saturated carbocycles. The van der Waals surface area contributed by atoms with Crippen molar-refractivity contribution in [3.8, 4) is 11.1 Å². The third-order valence-corrected chi connectivity index (χ3v) is 3.60.